The van der Waals surface area contributed by atoms with E-state index in [9.17, 15) is 9.59 Å². The van der Waals surface area contributed by atoms with E-state index < -0.39 is 5.54 Å². The largest absolute Gasteiger partial charge is 0.347 e. The number of carbonyl (C=O) groups excluding carboxylic acids is 2. The molecule has 1 aromatic carbocycles. The highest BCUT2D eigenvalue weighted by molar-refractivity contribution is 6.33. The summed E-state index contributed by atoms with van der Waals surface area (Å²) in [4.78, 5) is 25.2. The van der Waals surface area contributed by atoms with Crippen LogP contribution in [-0.2, 0) is 16.1 Å². The number of piperazine rings is 1. The maximum atomic E-state index is 11.9. The number of hydrogen-bond acceptors (Lipinski definition) is 4. The third kappa shape index (κ3) is 2.43. The van der Waals surface area contributed by atoms with Gasteiger partial charge in [-0.2, -0.15) is 0 Å². The highest BCUT2D eigenvalue weighted by atomic mass is 35.5. The van der Waals surface area contributed by atoms with Crippen molar-refractivity contribution in [2.24, 2.45) is 5.73 Å². The van der Waals surface area contributed by atoms with Crippen LogP contribution < -0.4 is 16.0 Å². The number of nitrogens with two attached hydrogens (primary N) is 1. The highest BCUT2D eigenvalue weighted by Crippen LogP contribution is 2.33. The topological polar surface area (TPSA) is 75.4 Å². The standard InChI is InChI=1S/C13H16ClN3O2/c1-13(2)12(19)16-11(18)7-17(13)10-4-3-8(6-15)5-9(10)14/h3-5H,6-7,15H2,1-2H3,(H,16,18,19). The predicted molar refractivity (Wildman–Crippen MR) is 73.9 cm³/mol. The summed E-state index contributed by atoms with van der Waals surface area (Å²) < 4.78 is 0. The van der Waals surface area contributed by atoms with E-state index in [1.165, 1.54) is 0 Å². The molecular weight excluding hydrogens is 266 g/mol. The summed E-state index contributed by atoms with van der Waals surface area (Å²) in [7, 11) is 0. The lowest BCUT2D eigenvalue weighted by Crippen LogP contribution is -2.64. The number of nitrogens with zero attached hydrogens (tertiary/aromatic N) is 1. The smallest absolute Gasteiger partial charge is 0.251 e. The van der Waals surface area contributed by atoms with E-state index in [1.54, 1.807) is 30.9 Å². The summed E-state index contributed by atoms with van der Waals surface area (Å²) in [6, 6.07) is 5.39. The Labute approximate surface area is 116 Å². The molecule has 1 heterocycles. The van der Waals surface area contributed by atoms with Crippen molar-refractivity contribution in [1.82, 2.24) is 5.32 Å². The number of anilines is 1. The molecular formula is C13H16ClN3O2. The van der Waals surface area contributed by atoms with E-state index >= 15 is 0 Å². The van der Waals surface area contributed by atoms with Crippen molar-refractivity contribution in [2.75, 3.05) is 11.4 Å². The third-order valence-corrected chi connectivity index (χ3v) is 3.63. The summed E-state index contributed by atoms with van der Waals surface area (Å²) in [6.07, 6.45) is 0. The first kappa shape index (κ1) is 13.8. The first-order chi connectivity index (χ1) is 8.86. The van der Waals surface area contributed by atoms with Crippen LogP contribution in [0.1, 0.15) is 19.4 Å². The van der Waals surface area contributed by atoms with Gasteiger partial charge < -0.3 is 10.6 Å². The van der Waals surface area contributed by atoms with Gasteiger partial charge in [-0.15, -0.1) is 0 Å². The molecule has 1 saturated heterocycles. The fourth-order valence-corrected chi connectivity index (χ4v) is 2.37. The predicted octanol–water partition coefficient (Wildman–Crippen LogP) is 1.04. The lowest BCUT2D eigenvalue weighted by atomic mass is 9.97. The average molecular weight is 282 g/mol. The molecule has 3 N–H and O–H groups in total. The second-order valence-corrected chi connectivity index (χ2v) is 5.42. The molecule has 2 rings (SSSR count). The van der Waals surface area contributed by atoms with Gasteiger partial charge in [0.1, 0.15) is 5.54 Å². The lowest BCUT2D eigenvalue weighted by molar-refractivity contribution is -0.135. The van der Waals surface area contributed by atoms with E-state index in [-0.39, 0.29) is 18.4 Å². The first-order valence-corrected chi connectivity index (χ1v) is 6.34. The SMILES string of the molecule is CC1(C)C(=O)NC(=O)CN1c1ccc(CN)cc1Cl. The minimum atomic E-state index is -0.832. The summed E-state index contributed by atoms with van der Waals surface area (Å²) >= 11 is 6.22. The molecule has 1 aliphatic heterocycles. The van der Waals surface area contributed by atoms with Gasteiger partial charge in [-0.3, -0.25) is 14.9 Å². The van der Waals surface area contributed by atoms with Crippen LogP contribution in [0, 0.1) is 0 Å². The number of rotatable bonds is 2. The van der Waals surface area contributed by atoms with Crippen LogP contribution in [0.2, 0.25) is 5.02 Å². The van der Waals surface area contributed by atoms with Crippen LogP contribution in [0.25, 0.3) is 0 Å². The molecule has 0 atom stereocenters. The fraction of sp³-hybridized carbons (Fsp3) is 0.385. The van der Waals surface area contributed by atoms with Crippen molar-refractivity contribution >= 4 is 29.1 Å². The van der Waals surface area contributed by atoms with Gasteiger partial charge in [0, 0.05) is 6.54 Å². The van der Waals surface area contributed by atoms with Gasteiger partial charge in [0.2, 0.25) is 5.91 Å². The Hall–Kier alpha value is -1.59. The van der Waals surface area contributed by atoms with Crippen LogP contribution >= 0.6 is 11.6 Å². The quantitative estimate of drug-likeness (QED) is 0.794. The van der Waals surface area contributed by atoms with Crippen LogP contribution in [-0.4, -0.2) is 23.9 Å². The Morgan fingerprint density at radius 3 is 2.68 bits per heavy atom. The number of hydrogen-bond donors (Lipinski definition) is 2. The van der Waals surface area contributed by atoms with Crippen molar-refractivity contribution in [3.05, 3.63) is 28.8 Å². The molecule has 1 fully saturated rings. The van der Waals surface area contributed by atoms with E-state index in [2.05, 4.69) is 5.32 Å². The Morgan fingerprint density at radius 2 is 2.11 bits per heavy atom. The monoisotopic (exact) mass is 281 g/mol. The Kier molecular flexibility index (Phi) is 3.52. The number of carbonyl (C=O) groups is 2. The van der Waals surface area contributed by atoms with E-state index in [0.29, 0.717) is 17.3 Å². The molecule has 1 aromatic rings. The van der Waals surface area contributed by atoms with Gasteiger partial charge in [0.05, 0.1) is 17.3 Å². The molecule has 1 aliphatic rings. The van der Waals surface area contributed by atoms with Crippen molar-refractivity contribution in [1.29, 1.82) is 0 Å². The van der Waals surface area contributed by atoms with Gasteiger partial charge in [-0.25, -0.2) is 0 Å². The number of imide groups is 1. The third-order valence-electron chi connectivity index (χ3n) is 3.32. The second-order valence-electron chi connectivity index (χ2n) is 5.01. The summed E-state index contributed by atoms with van der Waals surface area (Å²) in [5.41, 5.74) is 6.28. The molecule has 0 unspecified atom stereocenters. The molecule has 0 radical (unpaired) electrons. The zero-order valence-electron chi connectivity index (χ0n) is 10.9. The molecule has 6 heteroatoms. The Morgan fingerprint density at radius 1 is 1.42 bits per heavy atom. The molecule has 2 amide bonds. The molecule has 102 valence electrons. The molecule has 0 bridgehead atoms. The van der Waals surface area contributed by atoms with Crippen LogP contribution in [0.5, 0.6) is 0 Å². The Bertz CT molecular complexity index is 543. The lowest BCUT2D eigenvalue weighted by Gasteiger charge is -2.42. The van der Waals surface area contributed by atoms with E-state index in [0.717, 1.165) is 5.56 Å². The van der Waals surface area contributed by atoms with Gasteiger partial charge in [0.15, 0.2) is 0 Å². The van der Waals surface area contributed by atoms with Gasteiger partial charge >= 0.3 is 0 Å². The van der Waals surface area contributed by atoms with Crippen molar-refractivity contribution in [3.63, 3.8) is 0 Å². The molecule has 0 saturated carbocycles. The van der Waals surface area contributed by atoms with Gasteiger partial charge in [0.25, 0.3) is 5.91 Å². The first-order valence-electron chi connectivity index (χ1n) is 5.96. The maximum absolute atomic E-state index is 11.9. The van der Waals surface area contributed by atoms with Crippen molar-refractivity contribution in [2.45, 2.75) is 25.9 Å². The Balaban J connectivity index is 2.44. The number of benzene rings is 1. The molecule has 19 heavy (non-hydrogen) atoms. The van der Waals surface area contributed by atoms with Crippen LogP contribution in [0.15, 0.2) is 18.2 Å². The highest BCUT2D eigenvalue weighted by Gasteiger charge is 2.41. The van der Waals surface area contributed by atoms with E-state index in [1.807, 2.05) is 6.07 Å². The summed E-state index contributed by atoms with van der Waals surface area (Å²) in [5, 5.41) is 2.81. The van der Waals surface area contributed by atoms with Crippen molar-refractivity contribution in [3.8, 4) is 0 Å². The minimum absolute atomic E-state index is 0.0977. The number of nitrogens with one attached hydrogen (secondary N) is 1. The summed E-state index contributed by atoms with van der Waals surface area (Å²) in [5.74, 6) is -0.661. The number of halogens is 1. The van der Waals surface area contributed by atoms with Gasteiger partial charge in [-0.05, 0) is 31.5 Å². The average Bonchev–Trinajstić information content (AvgIpc) is 2.34. The van der Waals surface area contributed by atoms with Crippen LogP contribution in [0.4, 0.5) is 5.69 Å². The zero-order valence-corrected chi connectivity index (χ0v) is 11.6. The molecule has 5 nitrogen and oxygen atoms in total. The van der Waals surface area contributed by atoms with Gasteiger partial charge in [-0.1, -0.05) is 17.7 Å². The second kappa shape index (κ2) is 4.83. The summed E-state index contributed by atoms with van der Waals surface area (Å²) in [6.45, 7) is 3.99. The molecule has 0 spiro atoms. The van der Waals surface area contributed by atoms with Crippen LogP contribution in [0.3, 0.4) is 0 Å². The zero-order chi connectivity index (χ0) is 14.2. The molecule has 0 aromatic heterocycles. The normalized spacial score (nSPS) is 18.4. The van der Waals surface area contributed by atoms with Crippen molar-refractivity contribution < 1.29 is 9.59 Å². The fourth-order valence-electron chi connectivity index (χ4n) is 2.07. The minimum Gasteiger partial charge on any atom is -0.347 e. The molecule has 0 aliphatic carbocycles. The van der Waals surface area contributed by atoms with E-state index in [4.69, 9.17) is 17.3 Å². The number of amides is 2. The maximum Gasteiger partial charge on any atom is 0.251 e.